The van der Waals surface area contributed by atoms with E-state index in [0.717, 1.165) is 19.4 Å². The third-order valence-corrected chi connectivity index (χ3v) is 2.82. The third-order valence-electron chi connectivity index (χ3n) is 2.82. The molecule has 7 nitrogen and oxygen atoms in total. The van der Waals surface area contributed by atoms with Gasteiger partial charge in [0.2, 0.25) is 0 Å². The minimum atomic E-state index is -0.190. The zero-order valence-electron chi connectivity index (χ0n) is 11.1. The standard InChI is InChI=1S/C13H18N6O/c14-18-12-5-3-4-11(17-12)13(20)16-6-1-2-8-19-9-7-15-10-19/h3-5,7,9-10H,1-2,6,8,14H2,(H,16,20)(H,17,18). The quantitative estimate of drug-likeness (QED) is 0.393. The Morgan fingerprint density at radius 2 is 2.25 bits per heavy atom. The summed E-state index contributed by atoms with van der Waals surface area (Å²) in [6.45, 7) is 1.52. The molecule has 106 valence electrons. The van der Waals surface area contributed by atoms with E-state index in [2.05, 4.69) is 20.7 Å². The number of unbranched alkanes of at least 4 members (excludes halogenated alkanes) is 1. The number of hydrogen-bond acceptors (Lipinski definition) is 5. The van der Waals surface area contributed by atoms with Crippen LogP contribution in [0.15, 0.2) is 36.9 Å². The van der Waals surface area contributed by atoms with E-state index in [1.807, 2.05) is 10.8 Å². The molecule has 4 N–H and O–H groups in total. The number of amides is 1. The van der Waals surface area contributed by atoms with Gasteiger partial charge in [0, 0.05) is 25.5 Å². The first-order chi connectivity index (χ1) is 9.79. The topological polar surface area (TPSA) is 97.9 Å². The third kappa shape index (κ3) is 4.06. The zero-order chi connectivity index (χ0) is 14.2. The highest BCUT2D eigenvalue weighted by Crippen LogP contribution is 2.03. The molecule has 0 aliphatic rings. The SMILES string of the molecule is NNc1cccc(C(=O)NCCCCn2ccnc2)n1. The molecular weight excluding hydrogens is 256 g/mol. The van der Waals surface area contributed by atoms with Gasteiger partial charge in [0.1, 0.15) is 11.5 Å². The molecule has 0 aromatic carbocycles. The largest absolute Gasteiger partial charge is 0.351 e. The lowest BCUT2D eigenvalue weighted by Crippen LogP contribution is -2.26. The van der Waals surface area contributed by atoms with Crippen molar-refractivity contribution in [2.45, 2.75) is 19.4 Å². The fourth-order valence-corrected chi connectivity index (χ4v) is 1.77. The fourth-order valence-electron chi connectivity index (χ4n) is 1.77. The van der Waals surface area contributed by atoms with Gasteiger partial charge in [-0.05, 0) is 25.0 Å². The second-order valence-corrected chi connectivity index (χ2v) is 4.32. The monoisotopic (exact) mass is 274 g/mol. The molecule has 0 fully saturated rings. The summed E-state index contributed by atoms with van der Waals surface area (Å²) in [4.78, 5) is 19.9. The minimum absolute atomic E-state index is 0.190. The molecule has 7 heteroatoms. The number of hydrazine groups is 1. The van der Waals surface area contributed by atoms with Crippen LogP contribution in [0.1, 0.15) is 23.3 Å². The van der Waals surface area contributed by atoms with Crippen LogP contribution in [0.3, 0.4) is 0 Å². The molecule has 0 aliphatic carbocycles. The number of nitrogen functional groups attached to an aromatic ring is 1. The highest BCUT2D eigenvalue weighted by Gasteiger charge is 2.06. The van der Waals surface area contributed by atoms with Gasteiger partial charge < -0.3 is 15.3 Å². The van der Waals surface area contributed by atoms with Gasteiger partial charge in [-0.15, -0.1) is 0 Å². The summed E-state index contributed by atoms with van der Waals surface area (Å²) >= 11 is 0. The van der Waals surface area contributed by atoms with Crippen molar-refractivity contribution < 1.29 is 4.79 Å². The summed E-state index contributed by atoms with van der Waals surface area (Å²) in [6.07, 6.45) is 7.35. The first kappa shape index (κ1) is 14.0. The normalized spacial score (nSPS) is 10.2. The lowest BCUT2D eigenvalue weighted by Gasteiger charge is -2.06. The van der Waals surface area contributed by atoms with E-state index in [4.69, 9.17) is 5.84 Å². The molecule has 0 unspecified atom stereocenters. The lowest BCUT2D eigenvalue weighted by molar-refractivity contribution is 0.0948. The predicted molar refractivity (Wildman–Crippen MR) is 75.8 cm³/mol. The number of rotatable bonds is 7. The van der Waals surface area contributed by atoms with Gasteiger partial charge in [0.05, 0.1) is 6.33 Å². The van der Waals surface area contributed by atoms with E-state index in [-0.39, 0.29) is 5.91 Å². The van der Waals surface area contributed by atoms with Crippen molar-refractivity contribution in [3.63, 3.8) is 0 Å². The first-order valence-corrected chi connectivity index (χ1v) is 6.47. The van der Waals surface area contributed by atoms with Crippen LogP contribution >= 0.6 is 0 Å². The number of nitrogens with zero attached hydrogens (tertiary/aromatic N) is 3. The first-order valence-electron chi connectivity index (χ1n) is 6.47. The summed E-state index contributed by atoms with van der Waals surface area (Å²) in [5.74, 6) is 5.53. The van der Waals surface area contributed by atoms with Crippen LogP contribution in [0.5, 0.6) is 0 Å². The van der Waals surface area contributed by atoms with Gasteiger partial charge >= 0.3 is 0 Å². The van der Waals surface area contributed by atoms with Gasteiger partial charge in [-0.2, -0.15) is 0 Å². The molecule has 0 aliphatic heterocycles. The zero-order valence-corrected chi connectivity index (χ0v) is 11.1. The van der Waals surface area contributed by atoms with E-state index in [9.17, 15) is 4.79 Å². The predicted octanol–water partition coefficient (Wildman–Crippen LogP) is 0.774. The van der Waals surface area contributed by atoms with Crippen molar-refractivity contribution >= 4 is 11.7 Å². The van der Waals surface area contributed by atoms with Gasteiger partial charge in [0.15, 0.2) is 0 Å². The molecule has 2 heterocycles. The molecule has 0 radical (unpaired) electrons. The van der Waals surface area contributed by atoms with Crippen molar-refractivity contribution in [3.8, 4) is 0 Å². The molecule has 0 spiro atoms. The number of nitrogens with one attached hydrogen (secondary N) is 2. The maximum Gasteiger partial charge on any atom is 0.269 e. The summed E-state index contributed by atoms with van der Waals surface area (Å²) in [5.41, 5.74) is 2.77. The number of imidazole rings is 1. The average molecular weight is 274 g/mol. The summed E-state index contributed by atoms with van der Waals surface area (Å²) < 4.78 is 2.01. The Morgan fingerprint density at radius 1 is 1.35 bits per heavy atom. The number of pyridine rings is 1. The summed E-state index contributed by atoms with van der Waals surface area (Å²) in [6, 6.07) is 5.08. The van der Waals surface area contributed by atoms with Gasteiger partial charge in [-0.25, -0.2) is 15.8 Å². The maximum atomic E-state index is 11.8. The Hall–Kier alpha value is -2.41. The van der Waals surface area contributed by atoms with Crippen LogP contribution in [-0.2, 0) is 6.54 Å². The van der Waals surface area contributed by atoms with Gasteiger partial charge in [0.25, 0.3) is 5.91 Å². The van der Waals surface area contributed by atoms with Crippen molar-refractivity contribution in [1.29, 1.82) is 0 Å². The van der Waals surface area contributed by atoms with E-state index < -0.39 is 0 Å². The fraction of sp³-hybridized carbons (Fsp3) is 0.308. The van der Waals surface area contributed by atoms with Crippen LogP contribution in [0, 0.1) is 0 Å². The van der Waals surface area contributed by atoms with Crippen LogP contribution in [0.25, 0.3) is 0 Å². The smallest absolute Gasteiger partial charge is 0.269 e. The lowest BCUT2D eigenvalue weighted by atomic mass is 10.3. The minimum Gasteiger partial charge on any atom is -0.351 e. The second kappa shape index (κ2) is 7.25. The van der Waals surface area contributed by atoms with E-state index in [0.29, 0.717) is 18.1 Å². The van der Waals surface area contributed by atoms with Gasteiger partial charge in [-0.3, -0.25) is 4.79 Å². The van der Waals surface area contributed by atoms with Crippen molar-refractivity contribution in [2.75, 3.05) is 12.0 Å². The summed E-state index contributed by atoms with van der Waals surface area (Å²) in [5, 5.41) is 2.84. The number of carbonyl (C=O) groups is 1. The second-order valence-electron chi connectivity index (χ2n) is 4.32. The molecule has 0 saturated heterocycles. The molecule has 2 aromatic rings. The van der Waals surface area contributed by atoms with E-state index in [1.54, 1.807) is 30.7 Å². The van der Waals surface area contributed by atoms with Gasteiger partial charge in [-0.1, -0.05) is 6.07 Å². The molecule has 0 bridgehead atoms. The number of hydrogen-bond donors (Lipinski definition) is 3. The van der Waals surface area contributed by atoms with Crippen LogP contribution in [-0.4, -0.2) is 27.0 Å². The highest BCUT2D eigenvalue weighted by molar-refractivity contribution is 5.92. The number of anilines is 1. The highest BCUT2D eigenvalue weighted by atomic mass is 16.1. The van der Waals surface area contributed by atoms with Crippen molar-refractivity contribution in [3.05, 3.63) is 42.6 Å². The summed E-state index contributed by atoms with van der Waals surface area (Å²) in [7, 11) is 0. The number of carbonyl (C=O) groups excluding carboxylic acids is 1. The Bertz CT molecular complexity index is 540. The molecular formula is C13H18N6O. The molecule has 2 aromatic heterocycles. The molecule has 20 heavy (non-hydrogen) atoms. The van der Waals surface area contributed by atoms with Crippen LogP contribution < -0.4 is 16.6 Å². The number of aryl methyl sites for hydroxylation is 1. The Kier molecular flexibility index (Phi) is 5.08. The number of nitrogens with two attached hydrogens (primary N) is 1. The molecule has 0 saturated carbocycles. The Morgan fingerprint density at radius 3 is 3.00 bits per heavy atom. The van der Waals surface area contributed by atoms with Crippen molar-refractivity contribution in [2.24, 2.45) is 5.84 Å². The molecule has 2 rings (SSSR count). The Balaban J connectivity index is 1.69. The van der Waals surface area contributed by atoms with E-state index >= 15 is 0 Å². The van der Waals surface area contributed by atoms with E-state index in [1.165, 1.54) is 0 Å². The number of aromatic nitrogens is 3. The Labute approximate surface area is 117 Å². The average Bonchev–Trinajstić information content (AvgIpc) is 3.00. The maximum absolute atomic E-state index is 11.8. The molecule has 0 atom stereocenters. The molecule has 1 amide bonds. The van der Waals surface area contributed by atoms with Crippen LogP contribution in [0.2, 0.25) is 0 Å². The van der Waals surface area contributed by atoms with Crippen molar-refractivity contribution in [1.82, 2.24) is 19.9 Å². The van der Waals surface area contributed by atoms with Crippen LogP contribution in [0.4, 0.5) is 5.82 Å².